The number of benzene rings is 1. The Kier molecular flexibility index (Phi) is 4.91. The van der Waals surface area contributed by atoms with Gasteiger partial charge >= 0.3 is 6.09 Å². The summed E-state index contributed by atoms with van der Waals surface area (Å²) in [5.74, 6) is 0. The highest BCUT2D eigenvalue weighted by atomic mass is 35.5. The summed E-state index contributed by atoms with van der Waals surface area (Å²) in [6.07, 6.45) is 0.656. The van der Waals surface area contributed by atoms with Crippen molar-refractivity contribution < 1.29 is 9.53 Å². The molecule has 1 aromatic rings. The Labute approximate surface area is 122 Å². The molecule has 0 aromatic heterocycles. The van der Waals surface area contributed by atoms with Crippen LogP contribution in [0.4, 0.5) is 4.79 Å². The van der Waals surface area contributed by atoms with Crippen molar-refractivity contribution in [3.63, 3.8) is 0 Å². The van der Waals surface area contributed by atoms with Gasteiger partial charge in [-0.3, -0.25) is 0 Å². The van der Waals surface area contributed by atoms with Crippen LogP contribution in [0.3, 0.4) is 0 Å². The molecule has 0 radical (unpaired) electrons. The molecule has 0 saturated carbocycles. The molecule has 0 bridgehead atoms. The molecule has 2 rings (SSSR count). The maximum absolute atomic E-state index is 11.9. The van der Waals surface area contributed by atoms with Crippen molar-refractivity contribution in [2.24, 2.45) is 0 Å². The largest absolute Gasteiger partial charge is 0.445 e. The van der Waals surface area contributed by atoms with E-state index in [-0.39, 0.29) is 12.7 Å². The fourth-order valence-electron chi connectivity index (χ4n) is 2.09. The second-order valence-electron chi connectivity index (χ2n) is 4.55. The van der Waals surface area contributed by atoms with Gasteiger partial charge in [-0.05, 0) is 37.2 Å². The molecule has 1 N–H and O–H groups in total. The predicted octanol–water partition coefficient (Wildman–Crippen LogP) is 2.92. The summed E-state index contributed by atoms with van der Waals surface area (Å²) in [6.45, 7) is 1.59. The molecule has 1 fully saturated rings. The van der Waals surface area contributed by atoms with E-state index in [1.807, 2.05) is 7.05 Å². The van der Waals surface area contributed by atoms with E-state index < -0.39 is 0 Å². The van der Waals surface area contributed by atoms with E-state index in [0.717, 1.165) is 18.5 Å². The zero-order valence-corrected chi connectivity index (χ0v) is 12.2. The summed E-state index contributed by atoms with van der Waals surface area (Å²) >= 11 is 11.8. The van der Waals surface area contributed by atoms with Gasteiger partial charge in [0.15, 0.2) is 0 Å². The Morgan fingerprint density at radius 2 is 2.11 bits per heavy atom. The number of likely N-dealkylation sites (tertiary alicyclic amines) is 1. The van der Waals surface area contributed by atoms with E-state index in [1.54, 1.807) is 23.1 Å². The molecule has 4 nitrogen and oxygen atoms in total. The lowest BCUT2D eigenvalue weighted by Gasteiger charge is -2.16. The number of halogens is 2. The van der Waals surface area contributed by atoms with Crippen LogP contribution in [0.2, 0.25) is 10.0 Å². The number of likely N-dealkylation sites (N-methyl/N-ethyl adjacent to an activating group) is 1. The molecule has 1 aliphatic heterocycles. The number of hydrogen-bond donors (Lipinski definition) is 1. The van der Waals surface area contributed by atoms with Gasteiger partial charge < -0.3 is 15.0 Å². The van der Waals surface area contributed by atoms with E-state index in [4.69, 9.17) is 27.9 Å². The Morgan fingerprint density at radius 1 is 1.42 bits per heavy atom. The van der Waals surface area contributed by atoms with Crippen molar-refractivity contribution in [1.29, 1.82) is 0 Å². The molecule has 104 valence electrons. The second kappa shape index (κ2) is 6.46. The van der Waals surface area contributed by atoms with Gasteiger partial charge in [-0.25, -0.2) is 4.79 Å². The van der Waals surface area contributed by atoms with Crippen LogP contribution in [0, 0.1) is 0 Å². The standard InChI is InChI=1S/C13H16Cl2N2O2/c1-16-12-2-3-17(7-12)13(18)19-8-9-4-10(14)6-11(15)5-9/h4-6,12,16H,2-3,7-8H2,1H3/t12-/m1/s1. The molecule has 0 aliphatic carbocycles. The third kappa shape index (κ3) is 4.00. The summed E-state index contributed by atoms with van der Waals surface area (Å²) < 4.78 is 5.26. The Bertz CT molecular complexity index is 448. The van der Waals surface area contributed by atoms with E-state index in [1.165, 1.54) is 0 Å². The van der Waals surface area contributed by atoms with E-state index in [2.05, 4.69) is 5.32 Å². The van der Waals surface area contributed by atoms with E-state index in [9.17, 15) is 4.79 Å². The highest BCUT2D eigenvalue weighted by Crippen LogP contribution is 2.20. The summed E-state index contributed by atoms with van der Waals surface area (Å²) in [4.78, 5) is 13.6. The minimum atomic E-state index is -0.297. The lowest BCUT2D eigenvalue weighted by atomic mass is 10.2. The number of ether oxygens (including phenoxy) is 1. The summed E-state index contributed by atoms with van der Waals surface area (Å²) in [7, 11) is 1.90. The zero-order chi connectivity index (χ0) is 13.8. The highest BCUT2D eigenvalue weighted by molar-refractivity contribution is 6.34. The molecule has 19 heavy (non-hydrogen) atoms. The third-order valence-electron chi connectivity index (χ3n) is 3.14. The number of nitrogens with zero attached hydrogens (tertiary/aromatic N) is 1. The Balaban J connectivity index is 1.86. The van der Waals surface area contributed by atoms with Crippen LogP contribution in [-0.4, -0.2) is 37.2 Å². The molecule has 1 aliphatic rings. The topological polar surface area (TPSA) is 41.6 Å². The van der Waals surface area contributed by atoms with E-state index >= 15 is 0 Å². The molecule has 0 unspecified atom stereocenters. The summed E-state index contributed by atoms with van der Waals surface area (Å²) in [5, 5.41) is 4.23. The Morgan fingerprint density at radius 3 is 2.68 bits per heavy atom. The number of nitrogens with one attached hydrogen (secondary N) is 1. The van der Waals surface area contributed by atoms with Gasteiger partial charge in [0.25, 0.3) is 0 Å². The third-order valence-corrected chi connectivity index (χ3v) is 3.58. The monoisotopic (exact) mass is 302 g/mol. The summed E-state index contributed by atoms with van der Waals surface area (Å²) in [5.41, 5.74) is 0.787. The molecular weight excluding hydrogens is 287 g/mol. The van der Waals surface area contributed by atoms with Crippen LogP contribution >= 0.6 is 23.2 Å². The van der Waals surface area contributed by atoms with Crippen LogP contribution < -0.4 is 5.32 Å². The molecule has 1 atom stereocenters. The minimum absolute atomic E-state index is 0.180. The van der Waals surface area contributed by atoms with Crippen LogP contribution in [0.1, 0.15) is 12.0 Å². The van der Waals surface area contributed by atoms with Crippen LogP contribution in [0.15, 0.2) is 18.2 Å². The first-order valence-electron chi connectivity index (χ1n) is 6.12. The number of carbonyl (C=O) groups excluding carboxylic acids is 1. The van der Waals surface area contributed by atoms with Gasteiger partial charge in [0.05, 0.1) is 0 Å². The summed E-state index contributed by atoms with van der Waals surface area (Å²) in [6, 6.07) is 5.47. The van der Waals surface area contributed by atoms with Crippen molar-refractivity contribution in [3.05, 3.63) is 33.8 Å². The fraction of sp³-hybridized carbons (Fsp3) is 0.462. The predicted molar refractivity (Wildman–Crippen MR) is 75.7 cm³/mol. The van der Waals surface area contributed by atoms with Gasteiger partial charge in [0.2, 0.25) is 0 Å². The molecular formula is C13H16Cl2N2O2. The van der Waals surface area contributed by atoms with Gasteiger partial charge in [0, 0.05) is 29.2 Å². The normalized spacial score (nSPS) is 18.7. The lowest BCUT2D eigenvalue weighted by Crippen LogP contribution is -2.33. The van der Waals surface area contributed by atoms with Gasteiger partial charge in [-0.15, -0.1) is 0 Å². The molecule has 6 heteroatoms. The van der Waals surface area contributed by atoms with Crippen molar-refractivity contribution in [1.82, 2.24) is 10.2 Å². The molecule has 0 spiro atoms. The maximum Gasteiger partial charge on any atom is 0.410 e. The van der Waals surface area contributed by atoms with Crippen molar-refractivity contribution >= 4 is 29.3 Å². The van der Waals surface area contributed by atoms with Crippen LogP contribution in [0.25, 0.3) is 0 Å². The minimum Gasteiger partial charge on any atom is -0.445 e. The number of carbonyl (C=O) groups is 1. The quantitative estimate of drug-likeness (QED) is 0.933. The van der Waals surface area contributed by atoms with Crippen molar-refractivity contribution in [2.75, 3.05) is 20.1 Å². The number of amides is 1. The first-order chi connectivity index (χ1) is 9.08. The Hall–Kier alpha value is -0.970. The molecule has 1 aromatic carbocycles. The average Bonchev–Trinajstić information content (AvgIpc) is 2.83. The molecule has 1 amide bonds. The van der Waals surface area contributed by atoms with Gasteiger partial charge in [0.1, 0.15) is 6.61 Å². The smallest absolute Gasteiger partial charge is 0.410 e. The maximum atomic E-state index is 11.9. The molecule has 1 saturated heterocycles. The SMILES string of the molecule is CN[C@@H]1CCN(C(=O)OCc2cc(Cl)cc(Cl)c2)C1. The number of hydrogen-bond acceptors (Lipinski definition) is 3. The van der Waals surface area contributed by atoms with Gasteiger partial charge in [-0.2, -0.15) is 0 Å². The van der Waals surface area contributed by atoms with Crippen LogP contribution in [-0.2, 0) is 11.3 Å². The fourth-order valence-corrected chi connectivity index (χ4v) is 2.66. The lowest BCUT2D eigenvalue weighted by molar-refractivity contribution is 0.103. The van der Waals surface area contributed by atoms with Gasteiger partial charge in [-0.1, -0.05) is 23.2 Å². The molecule has 1 heterocycles. The average molecular weight is 303 g/mol. The zero-order valence-electron chi connectivity index (χ0n) is 10.7. The second-order valence-corrected chi connectivity index (χ2v) is 5.43. The first-order valence-corrected chi connectivity index (χ1v) is 6.88. The highest BCUT2D eigenvalue weighted by Gasteiger charge is 2.25. The van der Waals surface area contributed by atoms with Crippen molar-refractivity contribution in [2.45, 2.75) is 19.1 Å². The first kappa shape index (κ1) is 14.4. The van der Waals surface area contributed by atoms with Crippen LogP contribution in [0.5, 0.6) is 0 Å². The number of rotatable bonds is 3. The van der Waals surface area contributed by atoms with E-state index in [0.29, 0.717) is 22.6 Å². The van der Waals surface area contributed by atoms with Crippen molar-refractivity contribution in [3.8, 4) is 0 Å².